The summed E-state index contributed by atoms with van der Waals surface area (Å²) in [6.07, 6.45) is 0. The topological polar surface area (TPSA) is 38.9 Å². The normalized spacial score (nSPS) is 10.7. The Bertz CT molecular complexity index is 392. The fraction of sp³-hybridized carbons (Fsp3) is 0.250. The highest BCUT2D eigenvalue weighted by Gasteiger charge is 2.01. The summed E-state index contributed by atoms with van der Waals surface area (Å²) < 4.78 is 5.25. The largest absolute Gasteiger partial charge is 0.439 e. The van der Waals surface area contributed by atoms with E-state index in [9.17, 15) is 0 Å². The Balaban J connectivity index is 2.82. The second kappa shape index (κ2) is 2.05. The first-order chi connectivity index (χ1) is 5.25. The molecule has 0 aliphatic carbocycles. The van der Waals surface area contributed by atoms with E-state index in [2.05, 4.69) is 9.97 Å². The van der Waals surface area contributed by atoms with Crippen LogP contribution in [0.1, 0.15) is 11.6 Å². The van der Waals surface area contributed by atoms with Crippen molar-refractivity contribution in [1.29, 1.82) is 0 Å². The molecule has 56 valence electrons. The molecule has 11 heavy (non-hydrogen) atoms. The SMILES string of the molecule is Cc1ccc2oc(C)nc2n1. The summed E-state index contributed by atoms with van der Waals surface area (Å²) >= 11 is 0. The summed E-state index contributed by atoms with van der Waals surface area (Å²) in [5, 5.41) is 0. The maximum atomic E-state index is 5.25. The quantitative estimate of drug-likeness (QED) is 0.572. The molecular formula is C8H8N2O. The first-order valence-electron chi connectivity index (χ1n) is 3.46. The molecule has 0 aliphatic rings. The van der Waals surface area contributed by atoms with Gasteiger partial charge in [0.05, 0.1) is 0 Å². The number of aromatic nitrogens is 2. The Morgan fingerprint density at radius 2 is 2.00 bits per heavy atom. The number of hydrogen-bond donors (Lipinski definition) is 0. The molecule has 0 atom stereocenters. The number of fused-ring (bicyclic) bond motifs is 1. The average molecular weight is 148 g/mol. The van der Waals surface area contributed by atoms with E-state index < -0.39 is 0 Å². The molecule has 2 aromatic heterocycles. The van der Waals surface area contributed by atoms with Gasteiger partial charge in [-0.05, 0) is 19.1 Å². The molecule has 2 rings (SSSR count). The van der Waals surface area contributed by atoms with Gasteiger partial charge in [-0.2, -0.15) is 4.98 Å². The molecule has 3 heteroatoms. The van der Waals surface area contributed by atoms with Crippen molar-refractivity contribution < 1.29 is 4.42 Å². The van der Waals surface area contributed by atoms with E-state index in [1.54, 1.807) is 0 Å². The summed E-state index contributed by atoms with van der Waals surface area (Å²) in [6.45, 7) is 3.75. The van der Waals surface area contributed by atoms with E-state index in [1.165, 1.54) is 0 Å². The predicted molar refractivity (Wildman–Crippen MR) is 41.3 cm³/mol. The number of pyridine rings is 1. The van der Waals surface area contributed by atoms with Gasteiger partial charge in [0.15, 0.2) is 17.1 Å². The fourth-order valence-electron chi connectivity index (χ4n) is 1.02. The van der Waals surface area contributed by atoms with Crippen LogP contribution in [0.4, 0.5) is 0 Å². The van der Waals surface area contributed by atoms with E-state index in [4.69, 9.17) is 4.42 Å². The van der Waals surface area contributed by atoms with Crippen molar-refractivity contribution in [3.05, 3.63) is 23.7 Å². The lowest BCUT2D eigenvalue weighted by Gasteiger charge is -1.86. The fourth-order valence-corrected chi connectivity index (χ4v) is 1.02. The Morgan fingerprint density at radius 1 is 1.18 bits per heavy atom. The predicted octanol–water partition coefficient (Wildman–Crippen LogP) is 1.84. The van der Waals surface area contributed by atoms with Crippen LogP contribution in [0.25, 0.3) is 11.2 Å². The lowest BCUT2D eigenvalue weighted by Crippen LogP contribution is -1.79. The lowest BCUT2D eigenvalue weighted by atomic mass is 10.4. The van der Waals surface area contributed by atoms with Crippen molar-refractivity contribution in [2.45, 2.75) is 13.8 Å². The summed E-state index contributed by atoms with van der Waals surface area (Å²) in [6, 6.07) is 3.80. The number of aryl methyl sites for hydroxylation is 2. The first kappa shape index (κ1) is 6.34. The van der Waals surface area contributed by atoms with Gasteiger partial charge in [-0.15, -0.1) is 0 Å². The van der Waals surface area contributed by atoms with Gasteiger partial charge < -0.3 is 4.42 Å². The number of rotatable bonds is 0. The Kier molecular flexibility index (Phi) is 1.18. The highest BCUT2D eigenvalue weighted by Crippen LogP contribution is 2.12. The Hall–Kier alpha value is -1.38. The van der Waals surface area contributed by atoms with Crippen molar-refractivity contribution in [2.75, 3.05) is 0 Å². The molecule has 0 unspecified atom stereocenters. The second-order valence-electron chi connectivity index (χ2n) is 2.51. The zero-order valence-corrected chi connectivity index (χ0v) is 6.46. The van der Waals surface area contributed by atoms with Crippen LogP contribution in [-0.4, -0.2) is 9.97 Å². The van der Waals surface area contributed by atoms with Gasteiger partial charge in [0.1, 0.15) is 0 Å². The van der Waals surface area contributed by atoms with Crippen molar-refractivity contribution in [1.82, 2.24) is 9.97 Å². The van der Waals surface area contributed by atoms with E-state index in [0.717, 1.165) is 11.3 Å². The van der Waals surface area contributed by atoms with Gasteiger partial charge in [-0.1, -0.05) is 0 Å². The van der Waals surface area contributed by atoms with E-state index in [-0.39, 0.29) is 0 Å². The third-order valence-corrected chi connectivity index (χ3v) is 1.50. The lowest BCUT2D eigenvalue weighted by molar-refractivity contribution is 0.561. The summed E-state index contributed by atoms with van der Waals surface area (Å²) in [4.78, 5) is 8.29. The van der Waals surface area contributed by atoms with E-state index >= 15 is 0 Å². The maximum Gasteiger partial charge on any atom is 0.199 e. The van der Waals surface area contributed by atoms with Crippen LogP contribution in [0.5, 0.6) is 0 Å². The van der Waals surface area contributed by atoms with E-state index in [0.29, 0.717) is 11.5 Å². The molecule has 0 bridgehead atoms. The van der Waals surface area contributed by atoms with Gasteiger partial charge in [0.2, 0.25) is 0 Å². The van der Waals surface area contributed by atoms with Crippen LogP contribution in [0.2, 0.25) is 0 Å². The van der Waals surface area contributed by atoms with Crippen LogP contribution in [0.15, 0.2) is 16.5 Å². The van der Waals surface area contributed by atoms with Crippen LogP contribution >= 0.6 is 0 Å². The Morgan fingerprint density at radius 3 is 2.82 bits per heavy atom. The standard InChI is InChI=1S/C8H8N2O/c1-5-3-4-7-8(9-5)10-6(2)11-7/h3-4H,1-2H3. The highest BCUT2D eigenvalue weighted by atomic mass is 16.3. The zero-order chi connectivity index (χ0) is 7.84. The summed E-state index contributed by atoms with van der Waals surface area (Å²) in [5.74, 6) is 0.665. The smallest absolute Gasteiger partial charge is 0.199 e. The first-order valence-corrected chi connectivity index (χ1v) is 3.46. The minimum Gasteiger partial charge on any atom is -0.439 e. The molecule has 0 saturated heterocycles. The molecule has 0 saturated carbocycles. The second-order valence-corrected chi connectivity index (χ2v) is 2.51. The Labute approximate surface area is 64.1 Å². The molecule has 0 aromatic carbocycles. The van der Waals surface area contributed by atoms with Gasteiger partial charge in [-0.25, -0.2) is 4.98 Å². The monoisotopic (exact) mass is 148 g/mol. The number of oxazole rings is 1. The molecule has 2 heterocycles. The molecule has 0 amide bonds. The molecule has 0 fully saturated rings. The molecule has 0 N–H and O–H groups in total. The molecule has 0 spiro atoms. The molecular weight excluding hydrogens is 140 g/mol. The van der Waals surface area contributed by atoms with Gasteiger partial charge in [0, 0.05) is 12.6 Å². The average Bonchev–Trinajstić information content (AvgIpc) is 2.27. The van der Waals surface area contributed by atoms with Crippen molar-refractivity contribution in [2.24, 2.45) is 0 Å². The van der Waals surface area contributed by atoms with Crippen LogP contribution < -0.4 is 0 Å². The van der Waals surface area contributed by atoms with Crippen molar-refractivity contribution in [3.63, 3.8) is 0 Å². The molecule has 0 aliphatic heterocycles. The summed E-state index contributed by atoms with van der Waals surface area (Å²) in [5.41, 5.74) is 2.42. The minimum absolute atomic E-state index is 0.665. The third-order valence-electron chi connectivity index (χ3n) is 1.50. The van der Waals surface area contributed by atoms with Crippen LogP contribution in [-0.2, 0) is 0 Å². The highest BCUT2D eigenvalue weighted by molar-refractivity contribution is 5.67. The molecule has 0 radical (unpaired) electrons. The van der Waals surface area contributed by atoms with Crippen LogP contribution in [0.3, 0.4) is 0 Å². The number of hydrogen-bond acceptors (Lipinski definition) is 3. The third kappa shape index (κ3) is 0.981. The minimum atomic E-state index is 0.665. The molecule has 3 nitrogen and oxygen atoms in total. The van der Waals surface area contributed by atoms with Gasteiger partial charge >= 0.3 is 0 Å². The summed E-state index contributed by atoms with van der Waals surface area (Å²) in [7, 11) is 0. The van der Waals surface area contributed by atoms with E-state index in [1.807, 2.05) is 26.0 Å². The van der Waals surface area contributed by atoms with Gasteiger partial charge in [-0.3, -0.25) is 0 Å². The van der Waals surface area contributed by atoms with Crippen molar-refractivity contribution in [3.8, 4) is 0 Å². The maximum absolute atomic E-state index is 5.25. The van der Waals surface area contributed by atoms with Crippen LogP contribution in [0, 0.1) is 13.8 Å². The van der Waals surface area contributed by atoms with Gasteiger partial charge in [0.25, 0.3) is 0 Å². The van der Waals surface area contributed by atoms with Crippen molar-refractivity contribution >= 4 is 11.2 Å². The zero-order valence-electron chi connectivity index (χ0n) is 6.46. The molecule has 2 aromatic rings. The number of nitrogens with zero attached hydrogens (tertiary/aromatic N) is 2.